The molecule has 49 heavy (non-hydrogen) atoms. The third-order valence-electron chi connectivity index (χ3n) is 11.1. The maximum atomic E-state index is 2.66. The molecular weight excluding hydrogens is 593 g/mol. The zero-order chi connectivity index (χ0) is 34.6. The van der Waals surface area contributed by atoms with E-state index in [1.807, 2.05) is 0 Å². The summed E-state index contributed by atoms with van der Waals surface area (Å²) in [5.41, 5.74) is 2.93. The van der Waals surface area contributed by atoms with Crippen LogP contribution in [-0.4, -0.2) is 4.57 Å². The number of nitrogens with zero attached hydrogens (tertiary/aromatic N) is 2. The van der Waals surface area contributed by atoms with Gasteiger partial charge < -0.3 is 0 Å². The number of hydrogen-bond acceptors (Lipinski definition) is 0. The number of imidazole rings is 1. The third-order valence-corrected chi connectivity index (χ3v) is 11.1. The maximum absolute atomic E-state index is 2.66. The van der Waals surface area contributed by atoms with Crippen molar-refractivity contribution in [1.29, 1.82) is 0 Å². The molecule has 0 bridgehead atoms. The van der Waals surface area contributed by atoms with E-state index in [1.165, 1.54) is 172 Å². The number of rotatable bonds is 31. The normalized spacial score (nSPS) is 12.8. The Kier molecular flexibility index (Phi) is 23.0. The van der Waals surface area contributed by atoms with Gasteiger partial charge >= 0.3 is 0 Å². The first kappa shape index (κ1) is 41.1. The second kappa shape index (κ2) is 27.4. The van der Waals surface area contributed by atoms with Crippen LogP contribution in [0.15, 0.2) is 73.1 Å². The van der Waals surface area contributed by atoms with Gasteiger partial charge in [0.05, 0.1) is 12.6 Å². The van der Waals surface area contributed by atoms with Crippen molar-refractivity contribution in [2.24, 2.45) is 0 Å². The molecule has 0 aliphatic heterocycles. The summed E-state index contributed by atoms with van der Waals surface area (Å²) in [6.07, 6.45) is 40.6. The summed E-state index contributed by atoms with van der Waals surface area (Å²) < 4.78 is 5.29. The minimum Gasteiger partial charge on any atom is -0.234 e. The lowest BCUT2D eigenvalue weighted by Crippen LogP contribution is -2.38. The Morgan fingerprint density at radius 3 is 1.53 bits per heavy atom. The van der Waals surface area contributed by atoms with E-state index in [1.54, 1.807) is 5.82 Å². The molecule has 0 N–H and O–H groups in total. The summed E-state index contributed by atoms with van der Waals surface area (Å²) >= 11 is 0. The zero-order valence-electron chi connectivity index (χ0n) is 32.6. The molecular formula is C47H77N2+. The average molecular weight is 670 g/mol. The molecule has 0 fully saturated rings. The van der Waals surface area contributed by atoms with Crippen LogP contribution in [-0.2, 0) is 19.4 Å². The van der Waals surface area contributed by atoms with E-state index >= 15 is 0 Å². The number of hydrogen-bond donors (Lipinski definition) is 0. The van der Waals surface area contributed by atoms with Gasteiger partial charge in [-0.3, -0.25) is 0 Å². The van der Waals surface area contributed by atoms with Crippen molar-refractivity contribution >= 4 is 0 Å². The molecule has 0 aliphatic rings. The summed E-state index contributed by atoms with van der Waals surface area (Å²) in [4.78, 5) is 0. The van der Waals surface area contributed by atoms with E-state index in [9.17, 15) is 0 Å². The van der Waals surface area contributed by atoms with E-state index in [0.29, 0.717) is 12.0 Å². The van der Waals surface area contributed by atoms with Crippen LogP contribution in [0.2, 0.25) is 0 Å². The summed E-state index contributed by atoms with van der Waals surface area (Å²) in [6.45, 7) is 8.25. The van der Waals surface area contributed by atoms with Crippen LogP contribution >= 0.6 is 0 Å². The first-order valence-electron chi connectivity index (χ1n) is 21.4. The molecule has 0 saturated carbocycles. The highest BCUT2D eigenvalue weighted by atomic mass is 15.2. The largest absolute Gasteiger partial charge is 0.256 e. The third kappa shape index (κ3) is 17.9. The van der Waals surface area contributed by atoms with E-state index < -0.39 is 0 Å². The van der Waals surface area contributed by atoms with Gasteiger partial charge in [0.25, 0.3) is 5.82 Å². The highest BCUT2D eigenvalue weighted by Gasteiger charge is 2.23. The molecule has 2 atom stereocenters. The number of benzene rings is 2. The van der Waals surface area contributed by atoms with Crippen LogP contribution in [0, 0.1) is 0 Å². The SMILES string of the molecule is CCCCCCCCCCCCCCCCCC[n+]1ccn(C(C)CCCCCCCC)c1CCC(Cc1ccccc1)c1ccccc1. The van der Waals surface area contributed by atoms with E-state index in [4.69, 9.17) is 0 Å². The Balaban J connectivity index is 1.46. The van der Waals surface area contributed by atoms with Crippen molar-refractivity contribution in [3.05, 3.63) is 90.0 Å². The van der Waals surface area contributed by atoms with Crippen LogP contribution in [0.1, 0.15) is 204 Å². The molecule has 1 heterocycles. The van der Waals surface area contributed by atoms with Crippen molar-refractivity contribution < 1.29 is 4.57 Å². The molecule has 0 amide bonds. The van der Waals surface area contributed by atoms with E-state index in [-0.39, 0.29) is 0 Å². The second-order valence-electron chi connectivity index (χ2n) is 15.4. The van der Waals surface area contributed by atoms with Crippen molar-refractivity contribution in [2.75, 3.05) is 0 Å². The number of unbranched alkanes of at least 4 members (excludes halogenated alkanes) is 20. The highest BCUT2D eigenvalue weighted by Crippen LogP contribution is 2.27. The van der Waals surface area contributed by atoms with Crippen LogP contribution in [0.4, 0.5) is 0 Å². The quantitative estimate of drug-likeness (QED) is 0.0476. The highest BCUT2D eigenvalue weighted by molar-refractivity contribution is 5.24. The molecule has 1 aromatic heterocycles. The molecule has 2 nitrogen and oxygen atoms in total. The van der Waals surface area contributed by atoms with Gasteiger partial charge in [0, 0.05) is 6.42 Å². The van der Waals surface area contributed by atoms with Gasteiger partial charge in [-0.05, 0) is 62.5 Å². The molecule has 0 radical (unpaired) electrons. The lowest BCUT2D eigenvalue weighted by atomic mass is 9.88. The molecule has 0 saturated heterocycles. The summed E-state index contributed by atoms with van der Waals surface area (Å²) in [6, 6.07) is 23.0. The molecule has 0 aliphatic carbocycles. The summed E-state index contributed by atoms with van der Waals surface area (Å²) in [5, 5.41) is 0. The van der Waals surface area contributed by atoms with E-state index in [0.717, 1.165) is 12.8 Å². The van der Waals surface area contributed by atoms with Crippen molar-refractivity contribution in [2.45, 2.75) is 206 Å². The van der Waals surface area contributed by atoms with Gasteiger partial charge in [-0.2, -0.15) is 0 Å². The summed E-state index contributed by atoms with van der Waals surface area (Å²) in [7, 11) is 0. The lowest BCUT2D eigenvalue weighted by Gasteiger charge is -2.18. The van der Waals surface area contributed by atoms with Crippen molar-refractivity contribution in [1.82, 2.24) is 4.57 Å². The smallest absolute Gasteiger partial charge is 0.234 e. The topological polar surface area (TPSA) is 8.81 Å². The van der Waals surface area contributed by atoms with Crippen molar-refractivity contribution in [3.63, 3.8) is 0 Å². The van der Waals surface area contributed by atoms with Gasteiger partial charge in [-0.1, -0.05) is 197 Å². The maximum Gasteiger partial charge on any atom is 0.256 e. The standard InChI is InChI=1S/C47H77N2/c1-4-6-8-10-12-13-14-15-16-17-18-19-20-21-23-31-39-48-40-41-49(43(3)32-26-22-11-9-7-5-2)47(48)38-37-46(45-35-29-25-30-36-45)42-44-33-27-24-28-34-44/h24-25,27-30,33-36,40-41,43,46H,4-23,26,31-32,37-39,42H2,1-3H3/q+1. The fraction of sp³-hybridized carbons (Fsp3) is 0.681. The first-order valence-corrected chi connectivity index (χ1v) is 21.4. The predicted octanol–water partition coefficient (Wildman–Crippen LogP) is 14.3. The molecule has 2 aromatic carbocycles. The van der Waals surface area contributed by atoms with Gasteiger partial charge in [0.15, 0.2) is 0 Å². The minimum absolute atomic E-state index is 0.532. The number of aromatic nitrogens is 2. The Bertz CT molecular complexity index is 1150. The van der Waals surface area contributed by atoms with Crippen LogP contribution in [0.3, 0.4) is 0 Å². The Labute approximate surface area is 304 Å². The Morgan fingerprint density at radius 2 is 1.00 bits per heavy atom. The first-order chi connectivity index (χ1) is 24.2. The lowest BCUT2D eigenvalue weighted by molar-refractivity contribution is -0.704. The van der Waals surface area contributed by atoms with Gasteiger partial charge in [-0.25, -0.2) is 9.13 Å². The molecule has 3 rings (SSSR count). The fourth-order valence-corrected chi connectivity index (χ4v) is 7.85. The molecule has 0 spiro atoms. The fourth-order valence-electron chi connectivity index (χ4n) is 7.85. The molecule has 2 heteroatoms. The van der Waals surface area contributed by atoms with Crippen molar-refractivity contribution in [3.8, 4) is 0 Å². The molecule has 3 aromatic rings. The molecule has 2 unspecified atom stereocenters. The van der Waals surface area contributed by atoms with E-state index in [2.05, 4.69) is 103 Å². The van der Waals surface area contributed by atoms with Gasteiger partial charge in [-0.15, -0.1) is 0 Å². The molecule has 274 valence electrons. The summed E-state index contributed by atoms with van der Waals surface area (Å²) in [5.74, 6) is 2.08. The number of aryl methyl sites for hydroxylation is 1. The Hall–Kier alpha value is -2.35. The second-order valence-corrected chi connectivity index (χ2v) is 15.4. The van der Waals surface area contributed by atoms with Crippen LogP contribution < -0.4 is 4.57 Å². The van der Waals surface area contributed by atoms with Gasteiger partial charge in [0.2, 0.25) is 0 Å². The predicted molar refractivity (Wildman–Crippen MR) is 215 cm³/mol. The van der Waals surface area contributed by atoms with Crippen LogP contribution in [0.25, 0.3) is 0 Å². The monoisotopic (exact) mass is 670 g/mol. The minimum atomic E-state index is 0.532. The Morgan fingerprint density at radius 1 is 0.531 bits per heavy atom. The van der Waals surface area contributed by atoms with Gasteiger partial charge in [0.1, 0.15) is 12.4 Å². The zero-order valence-corrected chi connectivity index (χ0v) is 32.6. The average Bonchev–Trinajstić information content (AvgIpc) is 3.54. The van der Waals surface area contributed by atoms with Crippen LogP contribution in [0.5, 0.6) is 0 Å².